The number of benzene rings is 3. The Hall–Kier alpha value is -4.64. The number of anilines is 1. The molecule has 46 heavy (non-hydrogen) atoms. The first kappa shape index (κ1) is 32.7. The van der Waals surface area contributed by atoms with Crippen LogP contribution < -0.4 is 10.6 Å². The lowest BCUT2D eigenvalue weighted by Crippen LogP contribution is -2.53. The first-order valence-electron chi connectivity index (χ1n) is 15.2. The van der Waals surface area contributed by atoms with E-state index in [4.69, 9.17) is 4.74 Å². The fourth-order valence-electron chi connectivity index (χ4n) is 5.55. The number of halogens is 1. The molecule has 1 saturated heterocycles. The number of ether oxygens (including phenoxy) is 1. The van der Waals surface area contributed by atoms with Crippen molar-refractivity contribution >= 4 is 39.5 Å². The summed E-state index contributed by atoms with van der Waals surface area (Å²) in [6, 6.07) is 19.8. The number of phenols is 1. The summed E-state index contributed by atoms with van der Waals surface area (Å²) >= 11 is 3.47. The third kappa shape index (κ3) is 7.77. The lowest BCUT2D eigenvalue weighted by Gasteiger charge is -2.37. The van der Waals surface area contributed by atoms with Gasteiger partial charge in [-0.05, 0) is 81.5 Å². The number of phenolic OH excluding ortho intramolecular Hbond substituents is 1. The Balaban J connectivity index is 1.34. The minimum Gasteiger partial charge on any atom is -0.507 e. The van der Waals surface area contributed by atoms with E-state index in [2.05, 4.69) is 31.7 Å². The van der Waals surface area contributed by atoms with Crippen molar-refractivity contribution in [2.24, 2.45) is 7.05 Å². The van der Waals surface area contributed by atoms with Crippen LogP contribution in [0, 0.1) is 0 Å². The minimum absolute atomic E-state index is 0.120. The van der Waals surface area contributed by atoms with Crippen LogP contribution in [0.4, 0.5) is 10.5 Å². The maximum absolute atomic E-state index is 14.0. The van der Waals surface area contributed by atoms with Crippen LogP contribution in [0.3, 0.4) is 0 Å². The fraction of sp³-hybridized carbons (Fsp3) is 0.314. The summed E-state index contributed by atoms with van der Waals surface area (Å²) in [6.07, 6.45) is 3.21. The third-order valence-corrected chi connectivity index (χ3v) is 8.13. The molecule has 0 saturated carbocycles. The Morgan fingerprint density at radius 2 is 1.72 bits per heavy atom. The second-order valence-electron chi connectivity index (χ2n) is 12.3. The van der Waals surface area contributed by atoms with Crippen molar-refractivity contribution in [1.82, 2.24) is 20.0 Å². The molecule has 2 atom stereocenters. The molecule has 11 heteroatoms. The van der Waals surface area contributed by atoms with Gasteiger partial charge in [-0.3, -0.25) is 14.3 Å². The first-order valence-corrected chi connectivity index (χ1v) is 16.0. The third-order valence-electron chi connectivity index (χ3n) is 7.64. The number of aryl methyl sites for hydroxylation is 1. The van der Waals surface area contributed by atoms with Crippen molar-refractivity contribution in [3.05, 3.63) is 89.0 Å². The summed E-state index contributed by atoms with van der Waals surface area (Å²) in [6.45, 7) is 5.66. The molecule has 1 unspecified atom stereocenters. The molecule has 1 aliphatic heterocycles. The highest BCUT2D eigenvalue weighted by Gasteiger charge is 2.37. The number of likely N-dealkylation sites (tertiary alicyclic amines) is 1. The topological polar surface area (TPSA) is 126 Å². The molecule has 2 heterocycles. The first-order chi connectivity index (χ1) is 21.9. The molecule has 5 rings (SSSR count). The van der Waals surface area contributed by atoms with Crippen molar-refractivity contribution in [2.45, 2.75) is 57.7 Å². The fourth-order valence-corrected chi connectivity index (χ4v) is 5.91. The molecule has 0 bridgehead atoms. The van der Waals surface area contributed by atoms with E-state index in [1.165, 1.54) is 0 Å². The molecule has 1 aliphatic rings. The van der Waals surface area contributed by atoms with E-state index in [0.717, 1.165) is 28.4 Å². The van der Waals surface area contributed by atoms with Crippen molar-refractivity contribution in [3.8, 4) is 28.1 Å². The van der Waals surface area contributed by atoms with E-state index in [9.17, 15) is 19.5 Å². The van der Waals surface area contributed by atoms with Gasteiger partial charge in [0, 0.05) is 41.1 Å². The van der Waals surface area contributed by atoms with Crippen LogP contribution in [0.2, 0.25) is 0 Å². The van der Waals surface area contributed by atoms with Gasteiger partial charge in [0.25, 0.3) is 5.91 Å². The SMILES string of the molecule is Cn1cc(-c2ccc(NC(=O)[C@H]3CCCCN3C(=O)C(NC(=O)OC(C)(C)C)c3ccccc3)cc2)c(-c2cc(Br)ccc2O)n1. The predicted molar refractivity (Wildman–Crippen MR) is 180 cm³/mol. The standard InChI is InChI=1S/C35H38BrN5O5/c1-35(2,3)46-34(45)38-30(23-10-6-5-7-11-23)33(44)41-19-9-8-12-28(41)32(43)37-25-16-13-22(14-17-25)27-21-40(4)39-31(27)26-20-24(36)15-18-29(26)42/h5-7,10-11,13-18,20-21,28,30,42H,8-9,12,19H2,1-4H3,(H,37,43)(H,38,45)/t28-,30?/m1/s1. The average molecular weight is 689 g/mol. The summed E-state index contributed by atoms with van der Waals surface area (Å²) in [7, 11) is 1.82. The largest absolute Gasteiger partial charge is 0.507 e. The molecule has 0 radical (unpaired) electrons. The molecular formula is C35H38BrN5O5. The van der Waals surface area contributed by atoms with Gasteiger partial charge in [0.2, 0.25) is 5.91 Å². The zero-order valence-corrected chi connectivity index (χ0v) is 27.9. The van der Waals surface area contributed by atoms with Crippen molar-refractivity contribution in [3.63, 3.8) is 0 Å². The number of nitrogens with one attached hydrogen (secondary N) is 2. The van der Waals surface area contributed by atoms with Crippen LogP contribution in [0.25, 0.3) is 22.4 Å². The summed E-state index contributed by atoms with van der Waals surface area (Å²) < 4.78 is 7.96. The van der Waals surface area contributed by atoms with Gasteiger partial charge in [-0.25, -0.2) is 4.79 Å². The number of rotatable bonds is 7. The molecular weight excluding hydrogens is 650 g/mol. The Morgan fingerprint density at radius 1 is 1.00 bits per heavy atom. The number of amides is 3. The van der Waals surface area contributed by atoms with E-state index in [0.29, 0.717) is 35.5 Å². The number of piperidine rings is 1. The number of carbonyl (C=O) groups excluding carboxylic acids is 3. The number of alkyl carbamates (subject to hydrolysis) is 1. The summed E-state index contributed by atoms with van der Waals surface area (Å²) in [5, 5.41) is 20.8. The van der Waals surface area contributed by atoms with Crippen LogP contribution in [0.1, 0.15) is 51.6 Å². The van der Waals surface area contributed by atoms with Crippen molar-refractivity contribution in [2.75, 3.05) is 11.9 Å². The van der Waals surface area contributed by atoms with Crippen LogP contribution in [0.5, 0.6) is 5.75 Å². The maximum atomic E-state index is 14.0. The minimum atomic E-state index is -1.01. The van der Waals surface area contributed by atoms with Crippen LogP contribution in [-0.2, 0) is 21.4 Å². The van der Waals surface area contributed by atoms with Crippen LogP contribution >= 0.6 is 15.9 Å². The highest BCUT2D eigenvalue weighted by molar-refractivity contribution is 9.10. The van der Waals surface area contributed by atoms with Gasteiger partial charge in [-0.1, -0.05) is 58.4 Å². The van der Waals surface area contributed by atoms with Crippen molar-refractivity contribution in [1.29, 1.82) is 0 Å². The molecule has 1 fully saturated rings. The maximum Gasteiger partial charge on any atom is 0.408 e. The number of carbonyl (C=O) groups is 3. The number of aromatic hydroxyl groups is 1. The van der Waals surface area contributed by atoms with Crippen LogP contribution in [-0.4, -0.2) is 55.9 Å². The molecule has 240 valence electrons. The van der Waals surface area contributed by atoms with Gasteiger partial charge in [-0.2, -0.15) is 5.10 Å². The second kappa shape index (κ2) is 13.8. The number of nitrogens with zero attached hydrogens (tertiary/aromatic N) is 3. The number of hydrogen-bond acceptors (Lipinski definition) is 6. The number of hydrogen-bond donors (Lipinski definition) is 3. The quantitative estimate of drug-likeness (QED) is 0.196. The van der Waals surface area contributed by atoms with Gasteiger partial charge in [-0.15, -0.1) is 0 Å². The Bertz CT molecular complexity index is 1720. The monoisotopic (exact) mass is 687 g/mol. The Kier molecular flexibility index (Phi) is 9.81. The van der Waals surface area contributed by atoms with Crippen LogP contribution in [0.15, 0.2) is 83.5 Å². The normalized spacial score (nSPS) is 15.6. The molecule has 10 nitrogen and oxygen atoms in total. The van der Waals surface area contributed by atoms with E-state index in [1.807, 2.05) is 37.5 Å². The molecule has 1 aromatic heterocycles. The van der Waals surface area contributed by atoms with E-state index in [-0.39, 0.29) is 17.6 Å². The molecule has 0 aliphatic carbocycles. The van der Waals surface area contributed by atoms with E-state index < -0.39 is 23.8 Å². The van der Waals surface area contributed by atoms with Gasteiger partial charge >= 0.3 is 6.09 Å². The molecule has 3 amide bonds. The zero-order chi connectivity index (χ0) is 33.0. The number of aromatic nitrogens is 2. The predicted octanol–water partition coefficient (Wildman–Crippen LogP) is 6.81. The lowest BCUT2D eigenvalue weighted by molar-refractivity contribution is -0.142. The summed E-state index contributed by atoms with van der Waals surface area (Å²) in [5.74, 6) is -0.549. The highest BCUT2D eigenvalue weighted by atomic mass is 79.9. The Labute approximate surface area is 276 Å². The summed E-state index contributed by atoms with van der Waals surface area (Å²) in [5.41, 5.74) is 3.34. The van der Waals surface area contributed by atoms with Gasteiger partial charge in [0.15, 0.2) is 0 Å². The molecule has 3 N–H and O–H groups in total. The van der Waals surface area contributed by atoms with Gasteiger partial charge < -0.3 is 25.4 Å². The highest BCUT2D eigenvalue weighted by Crippen LogP contribution is 2.37. The molecule has 4 aromatic rings. The summed E-state index contributed by atoms with van der Waals surface area (Å²) in [4.78, 5) is 42.0. The molecule has 3 aromatic carbocycles. The van der Waals surface area contributed by atoms with E-state index >= 15 is 0 Å². The smallest absolute Gasteiger partial charge is 0.408 e. The van der Waals surface area contributed by atoms with Gasteiger partial charge in [0.05, 0.1) is 0 Å². The van der Waals surface area contributed by atoms with Gasteiger partial charge in [0.1, 0.15) is 29.1 Å². The van der Waals surface area contributed by atoms with Crippen molar-refractivity contribution < 1.29 is 24.2 Å². The average Bonchev–Trinajstić information content (AvgIpc) is 3.41. The lowest BCUT2D eigenvalue weighted by atomic mass is 9.97. The Morgan fingerprint density at radius 3 is 2.41 bits per heavy atom. The zero-order valence-electron chi connectivity index (χ0n) is 26.3. The van der Waals surface area contributed by atoms with E-state index in [1.54, 1.807) is 78.9 Å². The molecule has 0 spiro atoms. The second-order valence-corrected chi connectivity index (χ2v) is 13.2.